The Bertz CT molecular complexity index is 631. The Labute approximate surface area is 142 Å². The zero-order chi connectivity index (χ0) is 16.8. The number of likely N-dealkylation sites (tertiary alicyclic amines) is 1. The van der Waals surface area contributed by atoms with E-state index in [1.54, 1.807) is 18.4 Å². The fourth-order valence-corrected chi connectivity index (χ4v) is 3.10. The molecule has 2 heterocycles. The summed E-state index contributed by atoms with van der Waals surface area (Å²) in [6.07, 6.45) is 4.08. The van der Waals surface area contributed by atoms with E-state index in [9.17, 15) is 4.79 Å². The highest BCUT2D eigenvalue weighted by molar-refractivity contribution is 5.94. The van der Waals surface area contributed by atoms with Gasteiger partial charge in [-0.1, -0.05) is 0 Å². The molecule has 1 fully saturated rings. The number of rotatable bonds is 7. The van der Waals surface area contributed by atoms with Gasteiger partial charge in [0, 0.05) is 12.1 Å². The summed E-state index contributed by atoms with van der Waals surface area (Å²) in [4.78, 5) is 14.8. The van der Waals surface area contributed by atoms with Gasteiger partial charge in [-0.3, -0.25) is 9.69 Å². The summed E-state index contributed by atoms with van der Waals surface area (Å²) in [6.45, 7) is 5.19. The van der Waals surface area contributed by atoms with Crippen LogP contribution in [0.3, 0.4) is 0 Å². The molecule has 24 heavy (non-hydrogen) atoms. The molecule has 0 saturated carbocycles. The van der Waals surface area contributed by atoms with Crippen LogP contribution in [0.25, 0.3) is 0 Å². The first-order valence-electron chi connectivity index (χ1n) is 8.56. The quantitative estimate of drug-likeness (QED) is 0.848. The van der Waals surface area contributed by atoms with Gasteiger partial charge < -0.3 is 14.5 Å². The van der Waals surface area contributed by atoms with Crippen molar-refractivity contribution in [1.29, 1.82) is 0 Å². The first kappa shape index (κ1) is 16.6. The lowest BCUT2D eigenvalue weighted by molar-refractivity contribution is 0.0933. The van der Waals surface area contributed by atoms with Crippen molar-refractivity contribution in [1.82, 2.24) is 10.2 Å². The van der Waals surface area contributed by atoms with E-state index in [0.29, 0.717) is 18.7 Å². The van der Waals surface area contributed by atoms with E-state index in [1.807, 2.05) is 31.2 Å². The van der Waals surface area contributed by atoms with E-state index in [4.69, 9.17) is 9.15 Å². The van der Waals surface area contributed by atoms with E-state index >= 15 is 0 Å². The molecule has 0 bridgehead atoms. The van der Waals surface area contributed by atoms with E-state index in [1.165, 1.54) is 12.8 Å². The van der Waals surface area contributed by atoms with Gasteiger partial charge in [-0.2, -0.15) is 0 Å². The molecule has 5 heteroatoms. The van der Waals surface area contributed by atoms with Crippen molar-refractivity contribution >= 4 is 5.91 Å². The fraction of sp³-hybridized carbons (Fsp3) is 0.421. The minimum Gasteiger partial charge on any atom is -0.494 e. The second kappa shape index (κ2) is 8.02. The Morgan fingerprint density at radius 2 is 2.00 bits per heavy atom. The number of hydrogen-bond acceptors (Lipinski definition) is 4. The summed E-state index contributed by atoms with van der Waals surface area (Å²) in [5.41, 5.74) is 0.637. The number of furan rings is 1. The van der Waals surface area contributed by atoms with Gasteiger partial charge in [0.15, 0.2) is 0 Å². The number of nitrogens with zero attached hydrogens (tertiary/aromatic N) is 1. The number of carbonyl (C=O) groups is 1. The highest BCUT2D eigenvalue weighted by atomic mass is 16.5. The molecule has 1 unspecified atom stereocenters. The Hall–Kier alpha value is -2.27. The topological polar surface area (TPSA) is 54.7 Å². The zero-order valence-electron chi connectivity index (χ0n) is 14.0. The summed E-state index contributed by atoms with van der Waals surface area (Å²) >= 11 is 0. The van der Waals surface area contributed by atoms with Gasteiger partial charge in [-0.05, 0) is 69.3 Å². The Balaban J connectivity index is 1.62. The normalized spacial score (nSPS) is 16.0. The van der Waals surface area contributed by atoms with Crippen LogP contribution in [0.5, 0.6) is 5.75 Å². The molecule has 1 aromatic carbocycles. The smallest absolute Gasteiger partial charge is 0.251 e. The first-order chi connectivity index (χ1) is 11.8. The van der Waals surface area contributed by atoms with Gasteiger partial charge in [-0.25, -0.2) is 0 Å². The van der Waals surface area contributed by atoms with Gasteiger partial charge in [0.2, 0.25) is 0 Å². The first-order valence-corrected chi connectivity index (χ1v) is 8.56. The van der Waals surface area contributed by atoms with Crippen LogP contribution in [0.1, 0.15) is 41.9 Å². The molecule has 1 amide bonds. The van der Waals surface area contributed by atoms with Crippen LogP contribution in [0.2, 0.25) is 0 Å². The van der Waals surface area contributed by atoms with Crippen LogP contribution in [0.4, 0.5) is 0 Å². The van der Waals surface area contributed by atoms with Crippen molar-refractivity contribution in [3.05, 3.63) is 54.0 Å². The predicted octanol–water partition coefficient (Wildman–Crippen LogP) is 3.25. The van der Waals surface area contributed by atoms with Gasteiger partial charge in [0.25, 0.3) is 5.91 Å². The van der Waals surface area contributed by atoms with E-state index in [-0.39, 0.29) is 11.9 Å². The highest BCUT2D eigenvalue weighted by Crippen LogP contribution is 2.25. The molecular weight excluding hydrogens is 304 g/mol. The van der Waals surface area contributed by atoms with Gasteiger partial charge in [0.05, 0.1) is 18.9 Å². The third-order valence-corrected chi connectivity index (χ3v) is 4.34. The monoisotopic (exact) mass is 328 g/mol. The van der Waals surface area contributed by atoms with Crippen LogP contribution in [-0.4, -0.2) is 37.0 Å². The Morgan fingerprint density at radius 3 is 2.62 bits per heavy atom. The molecule has 3 rings (SSSR count). The molecular formula is C19H24N2O3. The van der Waals surface area contributed by atoms with Gasteiger partial charge in [-0.15, -0.1) is 0 Å². The third kappa shape index (κ3) is 3.97. The van der Waals surface area contributed by atoms with Gasteiger partial charge >= 0.3 is 0 Å². The minimum atomic E-state index is -0.0752. The number of amides is 1. The lowest BCUT2D eigenvalue weighted by atomic mass is 10.1. The number of benzene rings is 1. The van der Waals surface area contributed by atoms with Crippen LogP contribution < -0.4 is 10.1 Å². The molecule has 1 N–H and O–H groups in total. The summed E-state index contributed by atoms with van der Waals surface area (Å²) < 4.78 is 11.0. The highest BCUT2D eigenvalue weighted by Gasteiger charge is 2.26. The summed E-state index contributed by atoms with van der Waals surface area (Å²) in [7, 11) is 0. The summed E-state index contributed by atoms with van der Waals surface area (Å²) in [5.74, 6) is 1.61. The predicted molar refractivity (Wildman–Crippen MR) is 92.2 cm³/mol. The van der Waals surface area contributed by atoms with Crippen molar-refractivity contribution in [2.45, 2.75) is 25.8 Å². The SMILES string of the molecule is CCOc1ccc(C(=O)NCC(c2ccco2)N2CCCC2)cc1. The molecule has 1 saturated heterocycles. The van der Waals surface area contributed by atoms with Crippen molar-refractivity contribution < 1.29 is 13.9 Å². The van der Waals surface area contributed by atoms with E-state index in [0.717, 1.165) is 24.6 Å². The molecule has 1 atom stereocenters. The molecule has 128 valence electrons. The Kier molecular flexibility index (Phi) is 5.54. The Morgan fingerprint density at radius 1 is 1.25 bits per heavy atom. The second-order valence-electron chi connectivity index (χ2n) is 5.94. The number of nitrogens with one attached hydrogen (secondary N) is 1. The largest absolute Gasteiger partial charge is 0.494 e. The maximum absolute atomic E-state index is 12.4. The zero-order valence-corrected chi connectivity index (χ0v) is 14.0. The van der Waals surface area contributed by atoms with Crippen LogP contribution in [-0.2, 0) is 0 Å². The molecule has 1 aromatic heterocycles. The molecule has 0 aliphatic carbocycles. The maximum atomic E-state index is 12.4. The fourth-order valence-electron chi connectivity index (χ4n) is 3.10. The van der Waals surface area contributed by atoms with Crippen LogP contribution in [0.15, 0.2) is 47.1 Å². The third-order valence-electron chi connectivity index (χ3n) is 4.34. The minimum absolute atomic E-state index is 0.0752. The second-order valence-corrected chi connectivity index (χ2v) is 5.94. The standard InChI is InChI=1S/C19H24N2O3/c1-2-23-16-9-7-15(8-10-16)19(22)20-14-17(18-6-5-13-24-18)21-11-3-4-12-21/h5-10,13,17H,2-4,11-12,14H2,1H3,(H,20,22). The summed E-state index contributed by atoms with van der Waals surface area (Å²) in [6, 6.07) is 11.2. The van der Waals surface area contributed by atoms with E-state index < -0.39 is 0 Å². The molecule has 2 aromatic rings. The molecule has 1 aliphatic heterocycles. The van der Waals surface area contributed by atoms with Crippen molar-refractivity contribution in [3.8, 4) is 5.75 Å². The number of carbonyl (C=O) groups excluding carboxylic acids is 1. The number of ether oxygens (including phenoxy) is 1. The maximum Gasteiger partial charge on any atom is 0.251 e. The van der Waals surface area contributed by atoms with Crippen molar-refractivity contribution in [3.63, 3.8) is 0 Å². The molecule has 1 aliphatic rings. The van der Waals surface area contributed by atoms with Crippen LogP contribution in [0, 0.1) is 0 Å². The average molecular weight is 328 g/mol. The summed E-state index contributed by atoms with van der Waals surface area (Å²) in [5, 5.41) is 3.03. The molecule has 5 nitrogen and oxygen atoms in total. The average Bonchev–Trinajstić information content (AvgIpc) is 3.30. The lowest BCUT2D eigenvalue weighted by Gasteiger charge is -2.26. The molecule has 0 radical (unpaired) electrons. The van der Waals surface area contributed by atoms with E-state index in [2.05, 4.69) is 10.2 Å². The van der Waals surface area contributed by atoms with Crippen molar-refractivity contribution in [2.75, 3.05) is 26.2 Å². The van der Waals surface area contributed by atoms with Crippen LogP contribution >= 0.6 is 0 Å². The van der Waals surface area contributed by atoms with Crippen molar-refractivity contribution in [2.24, 2.45) is 0 Å². The molecule has 0 spiro atoms. The number of hydrogen-bond donors (Lipinski definition) is 1. The van der Waals surface area contributed by atoms with Gasteiger partial charge in [0.1, 0.15) is 11.5 Å². The lowest BCUT2D eigenvalue weighted by Crippen LogP contribution is -2.36.